The molecule has 2 rings (SSSR count). The molecule has 1 aliphatic heterocycles. The van der Waals surface area contributed by atoms with E-state index < -0.39 is 0 Å². The van der Waals surface area contributed by atoms with Crippen LogP contribution >= 0.6 is 11.6 Å². The molecule has 116 valence electrons. The quantitative estimate of drug-likeness (QED) is 0.648. The van der Waals surface area contributed by atoms with Crippen molar-refractivity contribution in [2.24, 2.45) is 5.92 Å². The van der Waals surface area contributed by atoms with E-state index in [0.717, 1.165) is 26.2 Å². The summed E-state index contributed by atoms with van der Waals surface area (Å²) in [5.41, 5.74) is 0.672. The third-order valence-corrected chi connectivity index (χ3v) is 4.53. The third kappa shape index (κ3) is 4.40. The topological polar surface area (TPSA) is 58.4 Å². The van der Waals surface area contributed by atoms with Gasteiger partial charge in [-0.15, -0.1) is 0 Å². The van der Waals surface area contributed by atoms with Crippen LogP contribution in [-0.2, 0) is 6.54 Å². The van der Waals surface area contributed by atoms with Gasteiger partial charge < -0.3 is 10.2 Å². The van der Waals surface area contributed by atoms with Gasteiger partial charge in [0.2, 0.25) is 0 Å². The highest BCUT2D eigenvalue weighted by Gasteiger charge is 2.19. The van der Waals surface area contributed by atoms with E-state index in [1.165, 1.54) is 18.9 Å². The molecule has 1 aromatic carbocycles. The maximum Gasteiger partial charge on any atom is 0.275 e. The number of hydrogen-bond donors (Lipinski definition) is 1. The zero-order chi connectivity index (χ0) is 15.2. The normalized spacial score (nSPS) is 17.0. The lowest BCUT2D eigenvalue weighted by Gasteiger charge is -2.31. The van der Waals surface area contributed by atoms with Crippen LogP contribution in [0.2, 0.25) is 5.02 Å². The van der Waals surface area contributed by atoms with Gasteiger partial charge in [-0.05, 0) is 51.0 Å². The summed E-state index contributed by atoms with van der Waals surface area (Å²) in [4.78, 5) is 13.1. The number of likely N-dealkylation sites (tertiary alicyclic amines) is 1. The molecule has 1 aromatic rings. The van der Waals surface area contributed by atoms with E-state index >= 15 is 0 Å². The lowest BCUT2D eigenvalue weighted by molar-refractivity contribution is -0.385. The predicted octanol–water partition coefficient (Wildman–Crippen LogP) is 3.07. The highest BCUT2D eigenvalue weighted by Crippen LogP contribution is 2.26. The first-order valence-corrected chi connectivity index (χ1v) is 7.84. The molecule has 0 atom stereocenters. The highest BCUT2D eigenvalue weighted by atomic mass is 35.5. The van der Waals surface area contributed by atoms with E-state index in [1.807, 2.05) is 0 Å². The van der Waals surface area contributed by atoms with Gasteiger partial charge in [-0.1, -0.05) is 24.6 Å². The molecule has 0 radical (unpaired) electrons. The number of nitro benzene ring substituents is 1. The van der Waals surface area contributed by atoms with E-state index in [2.05, 4.69) is 17.1 Å². The fourth-order valence-corrected chi connectivity index (χ4v) is 3.04. The van der Waals surface area contributed by atoms with E-state index in [1.54, 1.807) is 12.1 Å². The smallest absolute Gasteiger partial charge is 0.275 e. The molecule has 1 heterocycles. The van der Waals surface area contributed by atoms with Gasteiger partial charge in [0.15, 0.2) is 0 Å². The molecule has 0 bridgehead atoms. The third-order valence-electron chi connectivity index (χ3n) is 4.18. The number of nitrogens with zero attached hydrogens (tertiary/aromatic N) is 2. The van der Waals surface area contributed by atoms with Crippen LogP contribution < -0.4 is 5.32 Å². The minimum Gasteiger partial charge on any atom is -0.312 e. The van der Waals surface area contributed by atoms with Gasteiger partial charge in [-0.3, -0.25) is 10.1 Å². The highest BCUT2D eigenvalue weighted by molar-refractivity contribution is 6.31. The molecule has 1 saturated heterocycles. The number of nitro groups is 1. The summed E-state index contributed by atoms with van der Waals surface area (Å²) in [6.45, 7) is 6.94. The Kier molecular flexibility index (Phi) is 5.96. The Morgan fingerprint density at radius 1 is 1.43 bits per heavy atom. The molecular weight excluding hydrogens is 290 g/mol. The van der Waals surface area contributed by atoms with Crippen molar-refractivity contribution in [1.29, 1.82) is 0 Å². The average Bonchev–Trinajstić information content (AvgIpc) is 2.49. The monoisotopic (exact) mass is 311 g/mol. The molecule has 0 amide bonds. The first kappa shape index (κ1) is 16.2. The van der Waals surface area contributed by atoms with Crippen LogP contribution in [0, 0.1) is 16.0 Å². The van der Waals surface area contributed by atoms with E-state index in [0.29, 0.717) is 23.0 Å². The molecule has 21 heavy (non-hydrogen) atoms. The lowest BCUT2D eigenvalue weighted by Crippen LogP contribution is -2.37. The molecular formula is C15H22ClN3O2. The zero-order valence-electron chi connectivity index (χ0n) is 12.3. The van der Waals surface area contributed by atoms with E-state index in [9.17, 15) is 10.1 Å². The van der Waals surface area contributed by atoms with Gasteiger partial charge in [0, 0.05) is 12.6 Å². The standard InChI is InChI=1S/C15H22ClN3O2/c1-2-18-8-6-12(7-9-18)10-17-11-13-14(16)4-3-5-15(13)19(20)21/h3-5,12,17H,2,6-11H2,1H3. The number of nitrogens with one attached hydrogen (secondary N) is 1. The van der Waals surface area contributed by atoms with Crippen LogP contribution in [0.3, 0.4) is 0 Å². The Bertz CT molecular complexity index is 488. The van der Waals surface area contributed by atoms with Crippen molar-refractivity contribution in [2.75, 3.05) is 26.2 Å². The molecule has 0 aliphatic carbocycles. The number of benzene rings is 1. The zero-order valence-corrected chi connectivity index (χ0v) is 13.1. The fourth-order valence-electron chi connectivity index (χ4n) is 2.80. The Hall–Kier alpha value is -1.17. The molecule has 0 unspecified atom stereocenters. The number of piperidine rings is 1. The largest absolute Gasteiger partial charge is 0.312 e. The number of halogens is 1. The van der Waals surface area contributed by atoms with Gasteiger partial charge in [0.05, 0.1) is 15.5 Å². The average molecular weight is 312 g/mol. The second-order valence-corrected chi connectivity index (χ2v) is 5.91. The fraction of sp³-hybridized carbons (Fsp3) is 0.600. The molecule has 6 heteroatoms. The second kappa shape index (κ2) is 7.73. The Morgan fingerprint density at radius 2 is 2.14 bits per heavy atom. The van der Waals surface area contributed by atoms with Gasteiger partial charge >= 0.3 is 0 Å². The predicted molar refractivity (Wildman–Crippen MR) is 84.7 cm³/mol. The Morgan fingerprint density at radius 3 is 2.76 bits per heavy atom. The van der Waals surface area contributed by atoms with Crippen molar-refractivity contribution >= 4 is 17.3 Å². The van der Waals surface area contributed by atoms with E-state index in [-0.39, 0.29) is 10.6 Å². The SMILES string of the molecule is CCN1CCC(CNCc2c(Cl)cccc2[N+](=O)[O-])CC1. The van der Waals surface area contributed by atoms with Gasteiger partial charge in [0.1, 0.15) is 0 Å². The summed E-state index contributed by atoms with van der Waals surface area (Å²) >= 11 is 6.08. The molecule has 1 aliphatic rings. The van der Waals surface area contributed by atoms with Crippen molar-refractivity contribution in [1.82, 2.24) is 10.2 Å². The minimum atomic E-state index is -0.372. The van der Waals surface area contributed by atoms with Crippen molar-refractivity contribution in [3.63, 3.8) is 0 Å². The van der Waals surface area contributed by atoms with Gasteiger partial charge in [0.25, 0.3) is 5.69 Å². The van der Waals surface area contributed by atoms with Crippen molar-refractivity contribution in [3.8, 4) is 0 Å². The van der Waals surface area contributed by atoms with Crippen LogP contribution in [0.5, 0.6) is 0 Å². The summed E-state index contributed by atoms with van der Waals surface area (Å²) < 4.78 is 0. The van der Waals surface area contributed by atoms with Crippen LogP contribution in [0.25, 0.3) is 0 Å². The van der Waals surface area contributed by atoms with Crippen LogP contribution in [-0.4, -0.2) is 36.0 Å². The van der Waals surface area contributed by atoms with Crippen molar-refractivity contribution in [3.05, 3.63) is 38.9 Å². The molecule has 1 N–H and O–H groups in total. The first-order chi connectivity index (χ1) is 10.1. The van der Waals surface area contributed by atoms with Gasteiger partial charge in [-0.2, -0.15) is 0 Å². The molecule has 1 fully saturated rings. The molecule has 5 nitrogen and oxygen atoms in total. The summed E-state index contributed by atoms with van der Waals surface area (Å²) in [6, 6.07) is 4.82. The molecule has 0 spiro atoms. The summed E-state index contributed by atoms with van der Waals surface area (Å²) in [5, 5.41) is 14.8. The Balaban J connectivity index is 1.85. The summed E-state index contributed by atoms with van der Waals surface area (Å²) in [7, 11) is 0. The maximum absolute atomic E-state index is 11.0. The first-order valence-electron chi connectivity index (χ1n) is 7.46. The van der Waals surface area contributed by atoms with Crippen LogP contribution in [0.4, 0.5) is 5.69 Å². The molecule has 0 saturated carbocycles. The van der Waals surface area contributed by atoms with Crippen LogP contribution in [0.15, 0.2) is 18.2 Å². The number of hydrogen-bond acceptors (Lipinski definition) is 4. The maximum atomic E-state index is 11.0. The summed E-state index contributed by atoms with van der Waals surface area (Å²) in [5.74, 6) is 0.648. The van der Waals surface area contributed by atoms with Gasteiger partial charge in [-0.25, -0.2) is 0 Å². The van der Waals surface area contributed by atoms with E-state index in [4.69, 9.17) is 11.6 Å². The van der Waals surface area contributed by atoms with Crippen LogP contribution in [0.1, 0.15) is 25.3 Å². The van der Waals surface area contributed by atoms with Crippen molar-refractivity contribution in [2.45, 2.75) is 26.3 Å². The minimum absolute atomic E-state index is 0.0933. The van der Waals surface area contributed by atoms with Crippen molar-refractivity contribution < 1.29 is 4.92 Å². The second-order valence-electron chi connectivity index (χ2n) is 5.50. The molecule has 0 aromatic heterocycles. The summed E-state index contributed by atoms with van der Waals surface area (Å²) in [6.07, 6.45) is 2.37. The Labute approximate surface area is 130 Å². The lowest BCUT2D eigenvalue weighted by atomic mass is 9.97. The number of rotatable bonds is 6.